The number of carbonyl (C=O) groups is 3. The van der Waals surface area contributed by atoms with Crippen molar-refractivity contribution in [1.82, 2.24) is 39.7 Å². The Labute approximate surface area is 295 Å². The zero-order valence-electron chi connectivity index (χ0n) is 28.4. The van der Waals surface area contributed by atoms with Gasteiger partial charge < -0.3 is 19.4 Å². The molecule has 2 aliphatic rings. The summed E-state index contributed by atoms with van der Waals surface area (Å²) in [6.07, 6.45) is 7.18. The topological polar surface area (TPSA) is 179 Å². The first-order chi connectivity index (χ1) is 25.2. The highest BCUT2D eigenvalue weighted by Crippen LogP contribution is 2.37. The van der Waals surface area contributed by atoms with Gasteiger partial charge in [-0.3, -0.25) is 33.8 Å². The Hall–Kier alpha value is -6.82. The third-order valence-corrected chi connectivity index (χ3v) is 9.32. The molecule has 52 heavy (non-hydrogen) atoms. The van der Waals surface area contributed by atoms with Gasteiger partial charge in [0.25, 0.3) is 5.91 Å². The highest BCUT2D eigenvalue weighted by atomic mass is 16.5. The molecule has 6 aromatic rings. The molecular formula is C37H31N9O6. The molecule has 0 saturated carbocycles. The number of nitrogens with one attached hydrogen (secondary N) is 2. The third kappa shape index (κ3) is 5.69. The summed E-state index contributed by atoms with van der Waals surface area (Å²) < 4.78 is 14.6. The lowest BCUT2D eigenvalue weighted by Gasteiger charge is -2.30. The van der Waals surface area contributed by atoms with Gasteiger partial charge in [-0.25, -0.2) is 14.8 Å². The number of benzene rings is 1. The number of aromatic nitrogens is 6. The lowest BCUT2D eigenvalue weighted by atomic mass is 9.90. The van der Waals surface area contributed by atoms with Crippen LogP contribution < -0.4 is 26.0 Å². The molecule has 1 atom stereocenters. The Bertz CT molecular complexity index is 2590. The summed E-state index contributed by atoms with van der Waals surface area (Å²) in [5.74, 6) is 5.34. The number of pyridine rings is 2. The van der Waals surface area contributed by atoms with Crippen LogP contribution in [-0.4, -0.2) is 66.5 Å². The predicted octanol–water partition coefficient (Wildman–Crippen LogP) is 3.01. The van der Waals surface area contributed by atoms with E-state index in [-0.39, 0.29) is 42.1 Å². The Morgan fingerprint density at radius 2 is 1.92 bits per heavy atom. The number of nitrogens with zero attached hydrogens (tertiary/aromatic N) is 7. The van der Waals surface area contributed by atoms with Gasteiger partial charge in [-0.1, -0.05) is 11.8 Å². The van der Waals surface area contributed by atoms with Crippen LogP contribution in [0.15, 0.2) is 64.4 Å². The summed E-state index contributed by atoms with van der Waals surface area (Å²) in [5, 5.41) is 5.94. The molecule has 7 heterocycles. The van der Waals surface area contributed by atoms with Crippen LogP contribution in [0, 0.1) is 18.8 Å². The van der Waals surface area contributed by atoms with E-state index in [4.69, 9.17) is 9.15 Å². The van der Waals surface area contributed by atoms with E-state index >= 15 is 0 Å². The molecule has 1 unspecified atom stereocenters. The van der Waals surface area contributed by atoms with Crippen LogP contribution in [-0.2, 0) is 23.7 Å². The molecule has 8 rings (SSSR count). The second-order valence-corrected chi connectivity index (χ2v) is 12.6. The number of fused-ring (bicyclic) bond motifs is 3. The average Bonchev–Trinajstić information content (AvgIpc) is 3.66. The smallest absolute Gasteiger partial charge is 0.329 e. The molecule has 0 bridgehead atoms. The first kappa shape index (κ1) is 32.4. The van der Waals surface area contributed by atoms with Gasteiger partial charge in [0.15, 0.2) is 11.5 Å². The Morgan fingerprint density at radius 1 is 1.06 bits per heavy atom. The molecule has 5 aromatic heterocycles. The number of piperidine rings is 1. The zero-order valence-corrected chi connectivity index (χ0v) is 28.4. The number of ether oxygens (including phenoxy) is 1. The van der Waals surface area contributed by atoms with E-state index in [1.54, 1.807) is 68.6 Å². The molecule has 1 aromatic carbocycles. The van der Waals surface area contributed by atoms with Crippen molar-refractivity contribution in [2.75, 3.05) is 24.6 Å². The summed E-state index contributed by atoms with van der Waals surface area (Å²) in [5.41, 5.74) is 6.12. The molecule has 1 saturated heterocycles. The average molecular weight is 698 g/mol. The van der Waals surface area contributed by atoms with Crippen molar-refractivity contribution in [1.29, 1.82) is 0 Å². The monoisotopic (exact) mass is 697 g/mol. The number of imidazole rings is 1. The van der Waals surface area contributed by atoms with Crippen LogP contribution in [0.3, 0.4) is 0 Å². The maximum atomic E-state index is 13.0. The minimum absolute atomic E-state index is 0.0793. The molecule has 0 radical (unpaired) electrons. The van der Waals surface area contributed by atoms with Gasteiger partial charge in [0, 0.05) is 48.8 Å². The second-order valence-electron chi connectivity index (χ2n) is 12.6. The first-order valence-electron chi connectivity index (χ1n) is 16.5. The van der Waals surface area contributed by atoms with E-state index in [2.05, 4.69) is 42.4 Å². The second kappa shape index (κ2) is 12.8. The van der Waals surface area contributed by atoms with Crippen molar-refractivity contribution in [2.24, 2.45) is 14.1 Å². The van der Waals surface area contributed by atoms with Gasteiger partial charge in [0.05, 0.1) is 48.9 Å². The standard InChI is InChI=1S/C37H31N9O6/c1-20-13-22(32-40-18-28-36(43-32)51-12-11-46(28)23-15-27-33(41-17-23)45(3)37(50)44(27)2)16-39-31(20)35(49)38-10-4-5-21-6-8-29-25(14-21)26(19-52-29)24-7-9-30(47)42-34(24)48/h6,8,13-19,24H,7,9-12H2,1-3H3,(H,38,49)(H,42,47,48). The van der Waals surface area contributed by atoms with Gasteiger partial charge in [0.2, 0.25) is 17.7 Å². The lowest BCUT2D eigenvalue weighted by molar-refractivity contribution is -0.134. The van der Waals surface area contributed by atoms with E-state index in [9.17, 15) is 19.2 Å². The fourth-order valence-electron chi connectivity index (χ4n) is 6.60. The molecular weight excluding hydrogens is 666 g/mol. The van der Waals surface area contributed by atoms with Crippen molar-refractivity contribution in [2.45, 2.75) is 25.7 Å². The summed E-state index contributed by atoms with van der Waals surface area (Å²) in [6, 6.07) is 9.13. The zero-order chi connectivity index (χ0) is 36.1. The minimum atomic E-state index is -0.473. The number of rotatable bonds is 5. The van der Waals surface area contributed by atoms with Gasteiger partial charge in [-0.2, -0.15) is 4.98 Å². The first-order valence-corrected chi connectivity index (χ1v) is 16.5. The van der Waals surface area contributed by atoms with Gasteiger partial charge in [-0.05, 0) is 49.2 Å². The van der Waals surface area contributed by atoms with Crippen LogP contribution in [0.25, 0.3) is 33.5 Å². The number of hydrogen-bond acceptors (Lipinski definition) is 11. The number of imide groups is 1. The molecule has 15 nitrogen and oxygen atoms in total. The summed E-state index contributed by atoms with van der Waals surface area (Å²) >= 11 is 0. The molecule has 15 heteroatoms. The molecule has 0 spiro atoms. The molecule has 3 amide bonds. The fourth-order valence-corrected chi connectivity index (χ4v) is 6.60. The Kier molecular flexibility index (Phi) is 7.98. The van der Waals surface area contributed by atoms with Crippen LogP contribution in [0.2, 0.25) is 0 Å². The highest BCUT2D eigenvalue weighted by molar-refractivity contribution is 6.02. The molecule has 2 N–H and O–H groups in total. The van der Waals surface area contributed by atoms with Crippen molar-refractivity contribution >= 4 is 51.2 Å². The van der Waals surface area contributed by atoms with Gasteiger partial charge in [-0.15, -0.1) is 0 Å². The number of carbonyl (C=O) groups excluding carboxylic acids is 3. The highest BCUT2D eigenvalue weighted by Gasteiger charge is 2.30. The van der Waals surface area contributed by atoms with Crippen LogP contribution >= 0.6 is 0 Å². The fraction of sp³-hybridized carbons (Fsp3) is 0.243. The molecule has 1 fully saturated rings. The third-order valence-electron chi connectivity index (χ3n) is 9.32. The van der Waals surface area contributed by atoms with Crippen LogP contribution in [0.1, 0.15) is 45.9 Å². The quantitative estimate of drug-likeness (QED) is 0.200. The molecule has 2 aliphatic heterocycles. The summed E-state index contributed by atoms with van der Waals surface area (Å²) in [7, 11) is 3.41. The van der Waals surface area contributed by atoms with E-state index in [1.165, 1.54) is 4.57 Å². The largest absolute Gasteiger partial charge is 0.474 e. The number of aryl methyl sites for hydroxylation is 3. The number of anilines is 2. The van der Waals surface area contributed by atoms with Crippen LogP contribution in [0.4, 0.5) is 11.4 Å². The van der Waals surface area contributed by atoms with Crippen LogP contribution in [0.5, 0.6) is 5.88 Å². The maximum absolute atomic E-state index is 13.0. The van der Waals surface area contributed by atoms with Gasteiger partial charge in [0.1, 0.15) is 23.6 Å². The van der Waals surface area contributed by atoms with Crippen molar-refractivity contribution < 1.29 is 23.5 Å². The number of amides is 3. The van der Waals surface area contributed by atoms with E-state index in [1.807, 2.05) is 17.0 Å². The predicted molar refractivity (Wildman–Crippen MR) is 189 cm³/mol. The van der Waals surface area contributed by atoms with E-state index in [0.717, 1.165) is 11.1 Å². The minimum Gasteiger partial charge on any atom is -0.474 e. The molecule has 0 aliphatic carbocycles. The van der Waals surface area contributed by atoms with E-state index in [0.29, 0.717) is 76.0 Å². The lowest BCUT2D eigenvalue weighted by Crippen LogP contribution is -2.39. The molecule has 260 valence electrons. The number of furan rings is 1. The summed E-state index contributed by atoms with van der Waals surface area (Å²) in [6.45, 7) is 2.80. The van der Waals surface area contributed by atoms with Crippen molar-refractivity contribution in [3.8, 4) is 29.1 Å². The SMILES string of the molecule is Cc1cc(-c2ncc3c(n2)OCCN3c2cnc3c(c2)n(C)c(=O)n3C)cnc1C(=O)NCC#Cc1ccc2occ(C3CCC(=O)NC3=O)c2c1. The van der Waals surface area contributed by atoms with E-state index < -0.39 is 5.92 Å². The normalized spacial score (nSPS) is 15.5. The van der Waals surface area contributed by atoms with Crippen molar-refractivity contribution in [3.05, 3.63) is 88.1 Å². The summed E-state index contributed by atoms with van der Waals surface area (Å²) in [4.78, 5) is 69.6. The number of hydrogen-bond donors (Lipinski definition) is 2. The Balaban J connectivity index is 0.946. The van der Waals surface area contributed by atoms with Gasteiger partial charge >= 0.3 is 5.69 Å². The maximum Gasteiger partial charge on any atom is 0.329 e. The Morgan fingerprint density at radius 3 is 2.75 bits per heavy atom. The van der Waals surface area contributed by atoms with Crippen molar-refractivity contribution in [3.63, 3.8) is 0 Å².